The van der Waals surface area contributed by atoms with Crippen LogP contribution in [0.25, 0.3) is 11.4 Å². The molecule has 0 fully saturated rings. The van der Waals surface area contributed by atoms with Crippen molar-refractivity contribution >= 4 is 44.3 Å². The fourth-order valence-corrected chi connectivity index (χ4v) is 2.19. The third kappa shape index (κ3) is 3.41. The number of nitrogens with zero attached hydrogens (tertiary/aromatic N) is 2. The number of rotatable bonds is 4. The van der Waals surface area contributed by atoms with Crippen molar-refractivity contribution in [2.75, 3.05) is 11.9 Å². The van der Waals surface area contributed by atoms with Crippen molar-refractivity contribution in [3.8, 4) is 11.4 Å². The molecule has 0 unspecified atom stereocenters. The molecular formula is C13H13BrIN3. The van der Waals surface area contributed by atoms with Gasteiger partial charge in [0.2, 0.25) is 0 Å². The first-order chi connectivity index (χ1) is 8.70. The standard InChI is InChI=1S/C13H13BrIN3/c1-2-7-16-13-11(15)8-17-12(18-13)9-3-5-10(14)6-4-9/h3-6,8H,2,7H2,1H3,(H,16,17,18). The van der Waals surface area contributed by atoms with E-state index in [0.717, 1.165) is 38.2 Å². The molecule has 2 rings (SSSR count). The monoisotopic (exact) mass is 417 g/mol. The van der Waals surface area contributed by atoms with E-state index < -0.39 is 0 Å². The summed E-state index contributed by atoms with van der Waals surface area (Å²) in [6.07, 6.45) is 2.93. The third-order valence-corrected chi connectivity index (χ3v) is 3.71. The highest BCUT2D eigenvalue weighted by Crippen LogP contribution is 2.22. The fraction of sp³-hybridized carbons (Fsp3) is 0.231. The van der Waals surface area contributed by atoms with Crippen LogP contribution in [0.3, 0.4) is 0 Å². The minimum Gasteiger partial charge on any atom is -0.369 e. The Kier molecular flexibility index (Phi) is 4.94. The molecule has 0 aliphatic carbocycles. The number of aromatic nitrogens is 2. The van der Waals surface area contributed by atoms with Gasteiger partial charge in [-0.15, -0.1) is 0 Å². The molecule has 5 heteroatoms. The summed E-state index contributed by atoms with van der Waals surface area (Å²) < 4.78 is 2.10. The molecule has 18 heavy (non-hydrogen) atoms. The minimum atomic E-state index is 0.751. The lowest BCUT2D eigenvalue weighted by Gasteiger charge is -2.08. The molecule has 1 aromatic carbocycles. The molecule has 94 valence electrons. The molecular weight excluding hydrogens is 405 g/mol. The molecule has 2 aromatic rings. The molecule has 1 N–H and O–H groups in total. The first-order valence-electron chi connectivity index (χ1n) is 5.73. The molecule has 0 saturated carbocycles. The van der Waals surface area contributed by atoms with Crippen LogP contribution in [-0.4, -0.2) is 16.5 Å². The molecule has 0 saturated heterocycles. The molecule has 0 bridgehead atoms. The maximum absolute atomic E-state index is 4.56. The highest BCUT2D eigenvalue weighted by atomic mass is 127. The molecule has 1 aromatic heterocycles. The highest BCUT2D eigenvalue weighted by Gasteiger charge is 2.06. The summed E-state index contributed by atoms with van der Waals surface area (Å²) in [4.78, 5) is 8.94. The van der Waals surface area contributed by atoms with Gasteiger partial charge in [-0.25, -0.2) is 9.97 Å². The van der Waals surface area contributed by atoms with Gasteiger partial charge in [0.05, 0.1) is 3.57 Å². The van der Waals surface area contributed by atoms with Gasteiger partial charge in [-0.3, -0.25) is 0 Å². The Morgan fingerprint density at radius 3 is 2.67 bits per heavy atom. The van der Waals surface area contributed by atoms with Crippen LogP contribution in [-0.2, 0) is 0 Å². The van der Waals surface area contributed by atoms with Gasteiger partial charge in [-0.05, 0) is 41.1 Å². The van der Waals surface area contributed by atoms with Gasteiger partial charge in [0, 0.05) is 22.8 Å². The van der Waals surface area contributed by atoms with Gasteiger partial charge in [-0.1, -0.05) is 35.0 Å². The van der Waals surface area contributed by atoms with Crippen molar-refractivity contribution < 1.29 is 0 Å². The zero-order valence-corrected chi connectivity index (χ0v) is 13.7. The Morgan fingerprint density at radius 2 is 2.00 bits per heavy atom. The number of nitrogens with one attached hydrogen (secondary N) is 1. The molecule has 1 heterocycles. The normalized spacial score (nSPS) is 10.4. The summed E-state index contributed by atoms with van der Waals surface area (Å²) in [6.45, 7) is 3.06. The Hall–Kier alpha value is -0.690. The van der Waals surface area contributed by atoms with E-state index in [-0.39, 0.29) is 0 Å². The van der Waals surface area contributed by atoms with E-state index in [2.05, 4.69) is 60.7 Å². The summed E-state index contributed by atoms with van der Waals surface area (Å²) in [7, 11) is 0. The van der Waals surface area contributed by atoms with Gasteiger partial charge in [0.15, 0.2) is 5.82 Å². The van der Waals surface area contributed by atoms with Crippen molar-refractivity contribution in [3.05, 3.63) is 38.5 Å². The SMILES string of the molecule is CCCNc1nc(-c2ccc(Br)cc2)ncc1I. The average molecular weight is 418 g/mol. The van der Waals surface area contributed by atoms with Gasteiger partial charge in [0.1, 0.15) is 5.82 Å². The predicted octanol–water partition coefficient (Wildman–Crippen LogP) is 4.33. The lowest BCUT2D eigenvalue weighted by atomic mass is 10.2. The Labute approximate surface area is 129 Å². The van der Waals surface area contributed by atoms with E-state index in [1.165, 1.54) is 0 Å². The average Bonchev–Trinajstić information content (AvgIpc) is 2.39. The van der Waals surface area contributed by atoms with E-state index in [1.807, 2.05) is 30.5 Å². The number of anilines is 1. The maximum Gasteiger partial charge on any atom is 0.161 e. The quantitative estimate of drug-likeness (QED) is 0.752. The van der Waals surface area contributed by atoms with Crippen molar-refractivity contribution in [2.45, 2.75) is 13.3 Å². The molecule has 0 radical (unpaired) electrons. The zero-order chi connectivity index (χ0) is 13.0. The topological polar surface area (TPSA) is 37.8 Å². The summed E-state index contributed by atoms with van der Waals surface area (Å²) in [5.41, 5.74) is 1.02. The number of hydrogen-bond acceptors (Lipinski definition) is 3. The first-order valence-corrected chi connectivity index (χ1v) is 7.60. The van der Waals surface area contributed by atoms with Crippen LogP contribution in [0.4, 0.5) is 5.82 Å². The zero-order valence-electron chi connectivity index (χ0n) is 9.95. The molecule has 0 amide bonds. The second kappa shape index (κ2) is 6.47. The largest absolute Gasteiger partial charge is 0.369 e. The minimum absolute atomic E-state index is 0.751. The lowest BCUT2D eigenvalue weighted by Crippen LogP contribution is -2.05. The Balaban J connectivity index is 2.31. The van der Waals surface area contributed by atoms with Crippen LogP contribution >= 0.6 is 38.5 Å². The fourth-order valence-electron chi connectivity index (χ4n) is 1.47. The van der Waals surface area contributed by atoms with Crippen molar-refractivity contribution in [1.82, 2.24) is 9.97 Å². The second-order valence-corrected chi connectivity index (χ2v) is 5.90. The van der Waals surface area contributed by atoms with E-state index in [0.29, 0.717) is 0 Å². The van der Waals surface area contributed by atoms with E-state index in [9.17, 15) is 0 Å². The van der Waals surface area contributed by atoms with Crippen molar-refractivity contribution in [2.24, 2.45) is 0 Å². The number of hydrogen-bond donors (Lipinski definition) is 1. The Morgan fingerprint density at radius 1 is 1.28 bits per heavy atom. The van der Waals surface area contributed by atoms with Crippen LogP contribution in [0.2, 0.25) is 0 Å². The van der Waals surface area contributed by atoms with Gasteiger partial charge < -0.3 is 5.32 Å². The van der Waals surface area contributed by atoms with Crippen LogP contribution in [0.15, 0.2) is 34.9 Å². The maximum atomic E-state index is 4.56. The summed E-state index contributed by atoms with van der Waals surface area (Å²) in [5.74, 6) is 1.66. The molecule has 3 nitrogen and oxygen atoms in total. The molecule has 0 aliphatic heterocycles. The van der Waals surface area contributed by atoms with Crippen molar-refractivity contribution in [1.29, 1.82) is 0 Å². The summed E-state index contributed by atoms with van der Waals surface area (Å²) in [6, 6.07) is 8.01. The van der Waals surface area contributed by atoms with Crippen molar-refractivity contribution in [3.63, 3.8) is 0 Å². The van der Waals surface area contributed by atoms with E-state index in [1.54, 1.807) is 0 Å². The first kappa shape index (κ1) is 13.7. The van der Waals surface area contributed by atoms with Gasteiger partial charge in [-0.2, -0.15) is 0 Å². The third-order valence-electron chi connectivity index (χ3n) is 2.39. The second-order valence-electron chi connectivity index (χ2n) is 3.82. The smallest absolute Gasteiger partial charge is 0.161 e. The van der Waals surface area contributed by atoms with Crippen LogP contribution in [0, 0.1) is 3.57 Å². The lowest BCUT2D eigenvalue weighted by molar-refractivity contribution is 0.963. The van der Waals surface area contributed by atoms with Crippen LogP contribution < -0.4 is 5.32 Å². The predicted molar refractivity (Wildman–Crippen MR) is 86.7 cm³/mol. The van der Waals surface area contributed by atoms with Gasteiger partial charge >= 0.3 is 0 Å². The van der Waals surface area contributed by atoms with E-state index in [4.69, 9.17) is 0 Å². The van der Waals surface area contributed by atoms with Crippen LogP contribution in [0.1, 0.15) is 13.3 Å². The molecule has 0 spiro atoms. The Bertz CT molecular complexity index is 528. The molecule has 0 atom stereocenters. The highest BCUT2D eigenvalue weighted by molar-refractivity contribution is 14.1. The summed E-state index contributed by atoms with van der Waals surface area (Å²) >= 11 is 5.67. The van der Waals surface area contributed by atoms with Gasteiger partial charge in [0.25, 0.3) is 0 Å². The number of benzene rings is 1. The summed E-state index contributed by atoms with van der Waals surface area (Å²) in [5, 5.41) is 3.32. The number of halogens is 2. The molecule has 0 aliphatic rings. The van der Waals surface area contributed by atoms with Crippen LogP contribution in [0.5, 0.6) is 0 Å². The van der Waals surface area contributed by atoms with E-state index >= 15 is 0 Å².